The van der Waals surface area contributed by atoms with E-state index in [1.54, 1.807) is 12.0 Å². The summed E-state index contributed by atoms with van der Waals surface area (Å²) < 4.78 is 17.1. The summed E-state index contributed by atoms with van der Waals surface area (Å²) in [6.45, 7) is 5.06. The average molecular weight is 419 g/mol. The van der Waals surface area contributed by atoms with Gasteiger partial charge in [0.25, 0.3) is 5.91 Å². The third-order valence-corrected chi connectivity index (χ3v) is 6.44. The third-order valence-electron chi connectivity index (χ3n) is 6.44. The van der Waals surface area contributed by atoms with Crippen molar-refractivity contribution in [1.29, 1.82) is 0 Å². The maximum atomic E-state index is 13.6. The molecule has 160 valence electrons. The molecule has 6 heteroatoms. The number of amides is 1. The van der Waals surface area contributed by atoms with Gasteiger partial charge in [0.05, 0.1) is 30.2 Å². The van der Waals surface area contributed by atoms with Gasteiger partial charge in [-0.25, -0.2) is 0 Å². The van der Waals surface area contributed by atoms with Crippen molar-refractivity contribution in [2.24, 2.45) is 0 Å². The Hall–Kier alpha value is -3.12. The average Bonchev–Trinajstić information content (AvgIpc) is 3.38. The molecule has 5 rings (SSSR count). The summed E-state index contributed by atoms with van der Waals surface area (Å²) in [6, 6.07) is 10.7. The van der Waals surface area contributed by atoms with E-state index in [1.165, 1.54) is 0 Å². The zero-order chi connectivity index (χ0) is 21.7. The minimum atomic E-state index is -0.514. The Morgan fingerprint density at radius 3 is 2.52 bits per heavy atom. The highest BCUT2D eigenvalue weighted by Crippen LogP contribution is 2.39. The number of carbonyl (C=O) groups is 1. The Bertz CT molecular complexity index is 1220. The van der Waals surface area contributed by atoms with Crippen LogP contribution in [0.1, 0.15) is 51.7 Å². The molecule has 2 aliphatic rings. The van der Waals surface area contributed by atoms with Crippen molar-refractivity contribution in [3.05, 3.63) is 74.6 Å². The molecule has 0 spiro atoms. The molecule has 31 heavy (non-hydrogen) atoms. The molecular weight excluding hydrogens is 394 g/mol. The highest BCUT2D eigenvalue weighted by Gasteiger charge is 2.43. The predicted molar refractivity (Wildman–Crippen MR) is 117 cm³/mol. The molecular formula is C25H25NO5. The SMILES string of the molecule is COc1ccc([C@H]2c3c(oc4cc(C)c(C)cc4c3=O)C(=O)N2C[C@@H]2CCCO2)cc1. The Labute approximate surface area is 180 Å². The van der Waals surface area contributed by atoms with Gasteiger partial charge in [0, 0.05) is 13.2 Å². The Morgan fingerprint density at radius 1 is 1.10 bits per heavy atom. The number of benzene rings is 2. The molecule has 1 amide bonds. The first-order chi connectivity index (χ1) is 15.0. The van der Waals surface area contributed by atoms with Gasteiger partial charge in [-0.1, -0.05) is 12.1 Å². The van der Waals surface area contributed by atoms with Gasteiger partial charge in [-0.05, 0) is 67.6 Å². The molecule has 3 aromatic rings. The van der Waals surface area contributed by atoms with E-state index in [1.807, 2.05) is 50.2 Å². The van der Waals surface area contributed by atoms with Crippen LogP contribution in [0, 0.1) is 13.8 Å². The standard InChI is InChI=1S/C25H25NO5/c1-14-11-19-20(12-15(14)2)31-24-21(23(19)27)22(16-6-8-17(29-3)9-7-16)26(25(24)28)13-18-5-4-10-30-18/h6-9,11-12,18,22H,4-5,10,13H2,1-3H3/t18-,22-/m0/s1. The normalized spacial score (nSPS) is 20.5. The second kappa shape index (κ2) is 7.54. The number of carbonyl (C=O) groups excluding carboxylic acids is 1. The molecule has 0 N–H and O–H groups in total. The molecule has 0 aliphatic carbocycles. The lowest BCUT2D eigenvalue weighted by molar-refractivity contribution is 0.0486. The fraction of sp³-hybridized carbons (Fsp3) is 0.360. The van der Waals surface area contributed by atoms with E-state index in [9.17, 15) is 9.59 Å². The molecule has 3 heterocycles. The number of rotatable bonds is 4. The highest BCUT2D eigenvalue weighted by molar-refractivity contribution is 5.99. The van der Waals surface area contributed by atoms with Crippen LogP contribution in [0.5, 0.6) is 5.75 Å². The van der Waals surface area contributed by atoms with E-state index in [2.05, 4.69) is 0 Å². The first kappa shape index (κ1) is 19.8. The minimum absolute atomic E-state index is 0.0342. The van der Waals surface area contributed by atoms with E-state index >= 15 is 0 Å². The van der Waals surface area contributed by atoms with Crippen molar-refractivity contribution < 1.29 is 18.7 Å². The molecule has 1 fully saturated rings. The van der Waals surface area contributed by atoms with Gasteiger partial charge >= 0.3 is 0 Å². The number of methoxy groups -OCH3 is 1. The van der Waals surface area contributed by atoms with Gasteiger partial charge in [0.15, 0.2) is 5.43 Å². The van der Waals surface area contributed by atoms with Crippen LogP contribution in [0.3, 0.4) is 0 Å². The quantitative estimate of drug-likeness (QED) is 0.636. The summed E-state index contributed by atoms with van der Waals surface area (Å²) in [5, 5.41) is 0.507. The van der Waals surface area contributed by atoms with Gasteiger partial charge < -0.3 is 18.8 Å². The molecule has 0 bridgehead atoms. The topological polar surface area (TPSA) is 69.0 Å². The fourth-order valence-corrected chi connectivity index (χ4v) is 4.60. The molecule has 6 nitrogen and oxygen atoms in total. The van der Waals surface area contributed by atoms with Crippen molar-refractivity contribution in [3.8, 4) is 5.75 Å². The number of hydrogen-bond donors (Lipinski definition) is 0. The Morgan fingerprint density at radius 2 is 1.84 bits per heavy atom. The van der Waals surface area contributed by atoms with Crippen LogP contribution in [0.2, 0.25) is 0 Å². The zero-order valence-corrected chi connectivity index (χ0v) is 17.9. The molecule has 1 saturated heterocycles. The van der Waals surface area contributed by atoms with Crippen molar-refractivity contribution in [3.63, 3.8) is 0 Å². The van der Waals surface area contributed by atoms with Crippen molar-refractivity contribution >= 4 is 16.9 Å². The van der Waals surface area contributed by atoms with Crippen LogP contribution in [0.25, 0.3) is 11.0 Å². The van der Waals surface area contributed by atoms with Gasteiger partial charge in [-0.2, -0.15) is 0 Å². The van der Waals surface area contributed by atoms with Gasteiger partial charge in [0.1, 0.15) is 11.3 Å². The van der Waals surface area contributed by atoms with Gasteiger partial charge in [0.2, 0.25) is 5.76 Å². The summed E-state index contributed by atoms with van der Waals surface area (Å²) in [7, 11) is 1.61. The largest absolute Gasteiger partial charge is 0.497 e. The molecule has 0 saturated carbocycles. The molecule has 2 aliphatic heterocycles. The number of fused-ring (bicyclic) bond motifs is 2. The second-order valence-electron chi connectivity index (χ2n) is 8.37. The lowest BCUT2D eigenvalue weighted by atomic mass is 9.97. The van der Waals surface area contributed by atoms with E-state index < -0.39 is 6.04 Å². The number of hydrogen-bond acceptors (Lipinski definition) is 5. The van der Waals surface area contributed by atoms with Crippen LogP contribution in [-0.2, 0) is 4.74 Å². The van der Waals surface area contributed by atoms with E-state index in [-0.39, 0.29) is 23.2 Å². The van der Waals surface area contributed by atoms with Crippen LogP contribution in [-0.4, -0.2) is 37.2 Å². The molecule has 2 aromatic carbocycles. The first-order valence-corrected chi connectivity index (χ1v) is 10.6. The number of aryl methyl sites for hydroxylation is 2. The monoisotopic (exact) mass is 419 g/mol. The highest BCUT2D eigenvalue weighted by atomic mass is 16.5. The summed E-state index contributed by atoms with van der Waals surface area (Å²) in [5.74, 6) is 0.596. The van der Waals surface area contributed by atoms with Gasteiger partial charge in [-0.15, -0.1) is 0 Å². The van der Waals surface area contributed by atoms with E-state index in [4.69, 9.17) is 13.9 Å². The van der Waals surface area contributed by atoms with Crippen LogP contribution in [0.15, 0.2) is 45.6 Å². The Balaban J connectivity index is 1.70. The first-order valence-electron chi connectivity index (χ1n) is 10.6. The molecule has 1 aromatic heterocycles. The molecule has 0 radical (unpaired) electrons. The van der Waals surface area contributed by atoms with Crippen LogP contribution >= 0.6 is 0 Å². The van der Waals surface area contributed by atoms with Gasteiger partial charge in [-0.3, -0.25) is 9.59 Å². The fourth-order valence-electron chi connectivity index (χ4n) is 4.60. The Kier molecular flexibility index (Phi) is 4.82. The third kappa shape index (κ3) is 3.22. The summed E-state index contributed by atoms with van der Waals surface area (Å²) in [6.07, 6.45) is 1.84. The lowest BCUT2D eigenvalue weighted by Crippen LogP contribution is -2.36. The summed E-state index contributed by atoms with van der Waals surface area (Å²) in [5.41, 5.74) is 3.59. The van der Waals surface area contributed by atoms with Crippen LogP contribution in [0.4, 0.5) is 0 Å². The van der Waals surface area contributed by atoms with Crippen molar-refractivity contribution in [2.45, 2.75) is 38.8 Å². The van der Waals surface area contributed by atoms with Crippen LogP contribution < -0.4 is 10.2 Å². The zero-order valence-electron chi connectivity index (χ0n) is 17.9. The second-order valence-corrected chi connectivity index (χ2v) is 8.37. The minimum Gasteiger partial charge on any atom is -0.497 e. The summed E-state index contributed by atoms with van der Waals surface area (Å²) in [4.78, 5) is 28.8. The maximum absolute atomic E-state index is 13.6. The van der Waals surface area contributed by atoms with E-state index in [0.29, 0.717) is 29.7 Å². The molecule has 0 unspecified atom stereocenters. The molecule has 2 atom stereocenters. The van der Waals surface area contributed by atoms with Crippen molar-refractivity contribution in [2.75, 3.05) is 20.3 Å². The number of ether oxygens (including phenoxy) is 2. The maximum Gasteiger partial charge on any atom is 0.291 e. The summed E-state index contributed by atoms with van der Waals surface area (Å²) >= 11 is 0. The number of nitrogens with zero attached hydrogens (tertiary/aromatic N) is 1. The smallest absolute Gasteiger partial charge is 0.291 e. The van der Waals surface area contributed by atoms with Crippen molar-refractivity contribution in [1.82, 2.24) is 4.90 Å². The van der Waals surface area contributed by atoms with E-state index in [0.717, 1.165) is 35.3 Å². The lowest BCUT2D eigenvalue weighted by Gasteiger charge is -2.27. The predicted octanol–water partition coefficient (Wildman–Crippen LogP) is 4.14.